The van der Waals surface area contributed by atoms with Crippen LogP contribution in [-0.2, 0) is 6.67 Å². The van der Waals surface area contributed by atoms with E-state index >= 15 is 0 Å². The normalized spacial score (nSPS) is 11.4. The van der Waals surface area contributed by atoms with Crippen molar-refractivity contribution in [1.29, 1.82) is 0 Å². The smallest absolute Gasteiger partial charge is 0.397 e. The first-order valence-corrected chi connectivity index (χ1v) is 3.48. The molecule has 78 valence electrons. The van der Waals surface area contributed by atoms with Crippen molar-refractivity contribution < 1.29 is 22.3 Å². The van der Waals surface area contributed by atoms with E-state index in [9.17, 15) is 17.6 Å². The number of hydrogen-bond donors (Lipinski definition) is 1. The molecule has 1 heterocycles. The Morgan fingerprint density at radius 2 is 2.07 bits per heavy atom. The largest absolute Gasteiger partial charge is 0.574 e. The molecule has 0 aliphatic heterocycles. The second kappa shape index (κ2) is 3.69. The van der Waals surface area contributed by atoms with E-state index < -0.39 is 18.9 Å². The van der Waals surface area contributed by atoms with Gasteiger partial charge >= 0.3 is 6.36 Å². The molecule has 0 aliphatic rings. The maximum absolute atomic E-state index is 12.2. The van der Waals surface area contributed by atoms with Crippen LogP contribution in [0.5, 0.6) is 5.88 Å². The summed E-state index contributed by atoms with van der Waals surface area (Å²) in [5.74, 6) is -0.723. The van der Waals surface area contributed by atoms with Crippen molar-refractivity contribution >= 4 is 5.69 Å². The lowest BCUT2D eigenvalue weighted by molar-refractivity contribution is -0.276. The van der Waals surface area contributed by atoms with Gasteiger partial charge in [0, 0.05) is 11.6 Å². The molecule has 14 heavy (non-hydrogen) atoms. The van der Waals surface area contributed by atoms with E-state index in [1.54, 1.807) is 0 Å². The molecule has 0 saturated heterocycles. The molecule has 3 nitrogen and oxygen atoms in total. The number of halogens is 4. The van der Waals surface area contributed by atoms with Gasteiger partial charge in [0.1, 0.15) is 6.67 Å². The molecule has 1 aromatic heterocycles. The summed E-state index contributed by atoms with van der Waals surface area (Å²) in [6.07, 6.45) is -3.92. The van der Waals surface area contributed by atoms with Crippen LogP contribution < -0.4 is 10.5 Å². The highest BCUT2D eigenvalue weighted by atomic mass is 19.4. The molecule has 0 unspecified atom stereocenters. The molecule has 0 aliphatic carbocycles. The molecular weight excluding hydrogens is 204 g/mol. The lowest BCUT2D eigenvalue weighted by Crippen LogP contribution is -2.18. The second-order valence-corrected chi connectivity index (χ2v) is 2.40. The molecule has 1 rings (SSSR count). The Kier molecular flexibility index (Phi) is 2.78. The first kappa shape index (κ1) is 10.6. The molecule has 0 bridgehead atoms. The fourth-order valence-electron chi connectivity index (χ4n) is 0.776. The van der Waals surface area contributed by atoms with Gasteiger partial charge in [0.25, 0.3) is 0 Å². The number of pyridine rings is 1. The quantitative estimate of drug-likeness (QED) is 0.759. The predicted molar refractivity (Wildman–Crippen MR) is 40.1 cm³/mol. The van der Waals surface area contributed by atoms with Crippen LogP contribution in [0.4, 0.5) is 23.2 Å². The van der Waals surface area contributed by atoms with Gasteiger partial charge in [-0.3, -0.25) is 0 Å². The highest BCUT2D eigenvalue weighted by Crippen LogP contribution is 2.23. The zero-order chi connectivity index (χ0) is 10.8. The number of alkyl halides is 4. The zero-order valence-electron chi connectivity index (χ0n) is 6.81. The fraction of sp³-hybridized carbons (Fsp3) is 0.286. The van der Waals surface area contributed by atoms with Crippen molar-refractivity contribution in [2.45, 2.75) is 13.0 Å². The van der Waals surface area contributed by atoms with Gasteiger partial charge in [-0.1, -0.05) is 0 Å². The van der Waals surface area contributed by atoms with Crippen LogP contribution in [0.15, 0.2) is 12.3 Å². The summed E-state index contributed by atoms with van der Waals surface area (Å²) in [5, 5.41) is 0. The highest BCUT2D eigenvalue weighted by Gasteiger charge is 2.31. The maximum atomic E-state index is 12.2. The van der Waals surface area contributed by atoms with Crippen LogP contribution in [0.3, 0.4) is 0 Å². The molecular formula is C7H6F4N2O. The molecule has 0 radical (unpaired) electrons. The Hall–Kier alpha value is -1.53. The van der Waals surface area contributed by atoms with Crippen LogP contribution in [-0.4, -0.2) is 11.3 Å². The molecule has 0 atom stereocenters. The summed E-state index contributed by atoms with van der Waals surface area (Å²) >= 11 is 0. The maximum Gasteiger partial charge on any atom is 0.574 e. The summed E-state index contributed by atoms with van der Waals surface area (Å²) in [7, 11) is 0. The summed E-state index contributed by atoms with van der Waals surface area (Å²) in [6, 6.07) is 0.808. The van der Waals surface area contributed by atoms with E-state index in [2.05, 4.69) is 9.72 Å². The number of nitrogens with zero attached hydrogens (tertiary/aromatic N) is 1. The molecule has 0 saturated carbocycles. The van der Waals surface area contributed by atoms with Crippen LogP contribution in [0.1, 0.15) is 5.56 Å². The Morgan fingerprint density at radius 3 is 2.57 bits per heavy atom. The lowest BCUT2D eigenvalue weighted by Gasteiger charge is -2.08. The Labute approximate surface area is 76.5 Å². The standard InChI is InChI=1S/C7H6F4N2O/c8-2-4-1-6(13-3-5(4)12)14-7(9,10)11/h1,3H,2,12H2. The van der Waals surface area contributed by atoms with E-state index in [0.717, 1.165) is 12.3 Å². The number of aromatic nitrogens is 1. The van der Waals surface area contributed by atoms with Crippen LogP contribution >= 0.6 is 0 Å². The molecule has 7 heteroatoms. The number of ether oxygens (including phenoxy) is 1. The molecule has 0 spiro atoms. The number of rotatable bonds is 2. The van der Waals surface area contributed by atoms with Crippen molar-refractivity contribution in [3.63, 3.8) is 0 Å². The van der Waals surface area contributed by atoms with Crippen molar-refractivity contribution in [1.82, 2.24) is 4.98 Å². The van der Waals surface area contributed by atoms with Gasteiger partial charge in [-0.2, -0.15) is 0 Å². The van der Waals surface area contributed by atoms with Crippen LogP contribution in [0.2, 0.25) is 0 Å². The van der Waals surface area contributed by atoms with Gasteiger partial charge in [-0.25, -0.2) is 9.37 Å². The van der Waals surface area contributed by atoms with Gasteiger partial charge in [0.2, 0.25) is 5.88 Å². The number of anilines is 1. The van der Waals surface area contributed by atoms with Crippen molar-refractivity contribution in [3.05, 3.63) is 17.8 Å². The monoisotopic (exact) mass is 210 g/mol. The molecule has 0 fully saturated rings. The molecule has 0 amide bonds. The van der Waals surface area contributed by atoms with E-state index in [1.807, 2.05) is 0 Å². The SMILES string of the molecule is Nc1cnc(OC(F)(F)F)cc1CF. The summed E-state index contributed by atoms with van der Waals surface area (Å²) in [6.45, 7) is -0.970. The van der Waals surface area contributed by atoms with Crippen molar-refractivity contribution in [3.8, 4) is 5.88 Å². The van der Waals surface area contributed by atoms with Crippen LogP contribution in [0, 0.1) is 0 Å². The average molecular weight is 210 g/mol. The first-order valence-electron chi connectivity index (χ1n) is 3.48. The summed E-state index contributed by atoms with van der Waals surface area (Å²) in [5.41, 5.74) is 5.13. The van der Waals surface area contributed by atoms with Crippen molar-refractivity contribution in [2.24, 2.45) is 0 Å². The Bertz CT molecular complexity index is 326. The molecule has 1 aromatic rings. The lowest BCUT2D eigenvalue weighted by atomic mass is 10.2. The van der Waals surface area contributed by atoms with E-state index in [1.165, 1.54) is 0 Å². The average Bonchev–Trinajstić information content (AvgIpc) is 2.06. The Balaban J connectivity index is 2.90. The minimum absolute atomic E-state index is 0.0120. The minimum atomic E-state index is -4.84. The third-order valence-electron chi connectivity index (χ3n) is 1.36. The number of nitrogens with two attached hydrogens (primary N) is 1. The van der Waals surface area contributed by atoms with Gasteiger partial charge < -0.3 is 10.5 Å². The third-order valence-corrected chi connectivity index (χ3v) is 1.36. The van der Waals surface area contributed by atoms with Gasteiger partial charge in [-0.15, -0.1) is 13.2 Å². The third kappa shape index (κ3) is 2.75. The highest BCUT2D eigenvalue weighted by molar-refractivity contribution is 5.46. The van der Waals surface area contributed by atoms with E-state index in [-0.39, 0.29) is 11.3 Å². The van der Waals surface area contributed by atoms with Gasteiger partial charge in [-0.05, 0) is 0 Å². The first-order chi connectivity index (χ1) is 6.42. The summed E-state index contributed by atoms with van der Waals surface area (Å²) in [4.78, 5) is 3.24. The Morgan fingerprint density at radius 1 is 1.43 bits per heavy atom. The van der Waals surface area contributed by atoms with E-state index in [4.69, 9.17) is 5.73 Å². The van der Waals surface area contributed by atoms with Crippen molar-refractivity contribution in [2.75, 3.05) is 5.73 Å². The van der Waals surface area contributed by atoms with E-state index in [0.29, 0.717) is 0 Å². The zero-order valence-corrected chi connectivity index (χ0v) is 6.81. The topological polar surface area (TPSA) is 48.1 Å². The fourth-order valence-corrected chi connectivity index (χ4v) is 0.776. The summed E-state index contributed by atoms with van der Waals surface area (Å²) < 4.78 is 50.7. The molecule has 0 aromatic carbocycles. The second-order valence-electron chi connectivity index (χ2n) is 2.40. The number of nitrogen functional groups attached to an aromatic ring is 1. The van der Waals surface area contributed by atoms with Gasteiger partial charge in [0.05, 0.1) is 11.9 Å². The number of hydrogen-bond acceptors (Lipinski definition) is 3. The molecule has 2 N–H and O–H groups in total. The minimum Gasteiger partial charge on any atom is -0.397 e. The van der Waals surface area contributed by atoms with Crippen LogP contribution in [0.25, 0.3) is 0 Å². The van der Waals surface area contributed by atoms with Gasteiger partial charge in [0.15, 0.2) is 0 Å². The predicted octanol–water partition coefficient (Wildman–Crippen LogP) is 2.03.